The Hall–Kier alpha value is -2.20. The van der Waals surface area contributed by atoms with Crippen molar-refractivity contribution in [3.05, 3.63) is 60.4 Å². The number of hydrogen-bond acceptors (Lipinski definition) is 4. The van der Waals surface area contributed by atoms with Crippen LogP contribution in [-0.4, -0.2) is 26.9 Å². The Labute approximate surface area is 126 Å². The second-order valence-corrected chi connectivity index (χ2v) is 4.12. The zero-order valence-corrected chi connectivity index (χ0v) is 12.6. The first kappa shape index (κ1) is 16.9. The predicted octanol–water partition coefficient (Wildman–Crippen LogP) is 3.07. The monoisotopic (exact) mass is 289 g/mol. The molecule has 1 aromatic carbocycles. The lowest BCUT2D eigenvalue weighted by Crippen LogP contribution is -2.10. The van der Waals surface area contributed by atoms with Crippen molar-refractivity contribution in [3.63, 3.8) is 0 Å². The SMILES string of the molecule is C\C=C/C=C\C(=C\COc1cccc(OCCN)c1)OC. The number of rotatable bonds is 9. The molecular weight excluding hydrogens is 266 g/mol. The highest BCUT2D eigenvalue weighted by Gasteiger charge is 1.97. The molecular formula is C17H23NO3. The summed E-state index contributed by atoms with van der Waals surface area (Å²) in [7, 11) is 1.63. The summed E-state index contributed by atoms with van der Waals surface area (Å²) in [6.07, 6.45) is 9.55. The van der Waals surface area contributed by atoms with Crippen molar-refractivity contribution in [1.82, 2.24) is 0 Å². The van der Waals surface area contributed by atoms with Crippen LogP contribution in [0.3, 0.4) is 0 Å². The summed E-state index contributed by atoms with van der Waals surface area (Å²) in [4.78, 5) is 0. The van der Waals surface area contributed by atoms with Crippen LogP contribution in [0.15, 0.2) is 60.4 Å². The lowest BCUT2D eigenvalue weighted by Gasteiger charge is -2.08. The highest BCUT2D eigenvalue weighted by Crippen LogP contribution is 2.19. The van der Waals surface area contributed by atoms with Crippen molar-refractivity contribution >= 4 is 0 Å². The molecule has 0 aliphatic heterocycles. The first-order chi connectivity index (χ1) is 10.3. The zero-order chi connectivity index (χ0) is 15.3. The largest absolute Gasteiger partial charge is 0.497 e. The van der Waals surface area contributed by atoms with E-state index in [1.807, 2.05) is 61.6 Å². The minimum absolute atomic E-state index is 0.420. The summed E-state index contributed by atoms with van der Waals surface area (Å²) in [6, 6.07) is 7.48. The van der Waals surface area contributed by atoms with Crippen LogP contribution in [0.4, 0.5) is 0 Å². The zero-order valence-electron chi connectivity index (χ0n) is 12.6. The Bertz CT molecular complexity index is 493. The van der Waals surface area contributed by atoms with E-state index in [0.717, 1.165) is 17.3 Å². The number of nitrogens with two attached hydrogens (primary N) is 1. The highest BCUT2D eigenvalue weighted by atomic mass is 16.5. The lowest BCUT2D eigenvalue weighted by molar-refractivity contribution is 0.294. The molecule has 114 valence electrons. The first-order valence-corrected chi connectivity index (χ1v) is 6.89. The van der Waals surface area contributed by atoms with Crippen LogP contribution in [0.5, 0.6) is 11.5 Å². The van der Waals surface area contributed by atoms with Gasteiger partial charge in [0.05, 0.1) is 7.11 Å². The lowest BCUT2D eigenvalue weighted by atomic mass is 10.3. The average molecular weight is 289 g/mol. The Morgan fingerprint density at radius 3 is 2.62 bits per heavy atom. The van der Waals surface area contributed by atoms with Crippen molar-refractivity contribution < 1.29 is 14.2 Å². The van der Waals surface area contributed by atoms with Crippen LogP contribution < -0.4 is 15.2 Å². The molecule has 0 amide bonds. The molecule has 0 aliphatic rings. The molecule has 1 aromatic rings. The molecule has 0 aromatic heterocycles. The second-order valence-electron chi connectivity index (χ2n) is 4.12. The first-order valence-electron chi connectivity index (χ1n) is 6.89. The van der Waals surface area contributed by atoms with Crippen molar-refractivity contribution in [3.8, 4) is 11.5 Å². The Morgan fingerprint density at radius 2 is 1.95 bits per heavy atom. The molecule has 0 atom stereocenters. The average Bonchev–Trinajstić information content (AvgIpc) is 2.52. The maximum Gasteiger partial charge on any atom is 0.123 e. The molecule has 2 N–H and O–H groups in total. The highest BCUT2D eigenvalue weighted by molar-refractivity contribution is 5.33. The van der Waals surface area contributed by atoms with Gasteiger partial charge in [0.15, 0.2) is 0 Å². The van der Waals surface area contributed by atoms with Gasteiger partial charge in [-0.3, -0.25) is 0 Å². The van der Waals surface area contributed by atoms with E-state index >= 15 is 0 Å². The van der Waals surface area contributed by atoms with Gasteiger partial charge in [-0.15, -0.1) is 0 Å². The predicted molar refractivity (Wildman–Crippen MR) is 85.5 cm³/mol. The Kier molecular flexibility index (Phi) is 8.48. The van der Waals surface area contributed by atoms with E-state index < -0.39 is 0 Å². The number of hydrogen-bond donors (Lipinski definition) is 1. The van der Waals surface area contributed by atoms with Crippen molar-refractivity contribution in [2.45, 2.75) is 6.92 Å². The number of allylic oxidation sites excluding steroid dienone is 4. The maximum atomic E-state index is 5.65. The van der Waals surface area contributed by atoms with Gasteiger partial charge in [-0.1, -0.05) is 24.3 Å². The van der Waals surface area contributed by atoms with Crippen molar-refractivity contribution in [2.24, 2.45) is 5.73 Å². The Balaban J connectivity index is 2.53. The summed E-state index contributed by atoms with van der Waals surface area (Å²) in [6.45, 7) is 3.36. The molecule has 0 bridgehead atoms. The number of methoxy groups -OCH3 is 1. The van der Waals surface area contributed by atoms with Crippen LogP contribution >= 0.6 is 0 Å². The van der Waals surface area contributed by atoms with E-state index in [-0.39, 0.29) is 0 Å². The maximum absolute atomic E-state index is 5.65. The van der Waals surface area contributed by atoms with Crippen LogP contribution in [0, 0.1) is 0 Å². The van der Waals surface area contributed by atoms with Gasteiger partial charge in [-0.05, 0) is 31.2 Å². The van der Waals surface area contributed by atoms with E-state index in [4.69, 9.17) is 19.9 Å². The quantitative estimate of drug-likeness (QED) is 0.561. The van der Waals surface area contributed by atoms with Gasteiger partial charge in [0.2, 0.25) is 0 Å². The molecule has 0 spiro atoms. The molecule has 0 radical (unpaired) electrons. The third kappa shape index (κ3) is 7.22. The molecule has 4 nitrogen and oxygen atoms in total. The fourth-order valence-corrected chi connectivity index (χ4v) is 1.53. The molecule has 21 heavy (non-hydrogen) atoms. The minimum atomic E-state index is 0.420. The fourth-order valence-electron chi connectivity index (χ4n) is 1.53. The molecule has 1 rings (SSSR count). The number of benzene rings is 1. The third-order valence-electron chi connectivity index (χ3n) is 2.53. The van der Waals surface area contributed by atoms with Crippen molar-refractivity contribution in [1.29, 1.82) is 0 Å². The molecule has 0 aliphatic carbocycles. The van der Waals surface area contributed by atoms with E-state index in [0.29, 0.717) is 19.8 Å². The van der Waals surface area contributed by atoms with Gasteiger partial charge in [-0.25, -0.2) is 0 Å². The summed E-state index contributed by atoms with van der Waals surface area (Å²) in [5.74, 6) is 2.25. The fraction of sp³-hybridized carbons (Fsp3) is 0.294. The van der Waals surface area contributed by atoms with Crippen LogP contribution in [-0.2, 0) is 4.74 Å². The molecule has 0 heterocycles. The van der Waals surface area contributed by atoms with Gasteiger partial charge < -0.3 is 19.9 Å². The van der Waals surface area contributed by atoms with Crippen LogP contribution in [0.2, 0.25) is 0 Å². The molecule has 0 saturated carbocycles. The van der Waals surface area contributed by atoms with Gasteiger partial charge in [-0.2, -0.15) is 0 Å². The normalized spacial score (nSPS) is 12.0. The van der Waals surface area contributed by atoms with Crippen LogP contribution in [0.25, 0.3) is 0 Å². The minimum Gasteiger partial charge on any atom is -0.497 e. The van der Waals surface area contributed by atoms with E-state index in [1.165, 1.54) is 0 Å². The molecule has 0 fully saturated rings. The Morgan fingerprint density at radius 1 is 1.19 bits per heavy atom. The molecule has 0 saturated heterocycles. The molecule has 0 unspecified atom stereocenters. The summed E-state index contributed by atoms with van der Waals surface area (Å²) in [5.41, 5.74) is 5.40. The van der Waals surface area contributed by atoms with Gasteiger partial charge >= 0.3 is 0 Å². The molecule has 4 heteroatoms. The van der Waals surface area contributed by atoms with Gasteiger partial charge in [0.25, 0.3) is 0 Å². The van der Waals surface area contributed by atoms with E-state index in [2.05, 4.69) is 0 Å². The van der Waals surface area contributed by atoms with E-state index in [9.17, 15) is 0 Å². The van der Waals surface area contributed by atoms with Crippen molar-refractivity contribution in [2.75, 3.05) is 26.9 Å². The summed E-state index contributed by atoms with van der Waals surface area (Å²) in [5, 5.41) is 0. The van der Waals surface area contributed by atoms with E-state index in [1.54, 1.807) is 7.11 Å². The van der Waals surface area contributed by atoms with Gasteiger partial charge in [0, 0.05) is 12.6 Å². The topological polar surface area (TPSA) is 53.7 Å². The smallest absolute Gasteiger partial charge is 0.123 e. The summed E-state index contributed by atoms with van der Waals surface area (Å²) >= 11 is 0. The number of ether oxygens (including phenoxy) is 3. The second kappa shape index (κ2) is 10.6. The standard InChI is InChI=1S/C17H23NO3/c1-3-4-5-7-15(19-2)10-12-20-16-8-6-9-17(14-16)21-13-11-18/h3-10,14H,11-13,18H2,1-2H3/b4-3-,7-5-,15-10-. The third-order valence-corrected chi connectivity index (χ3v) is 2.53. The summed E-state index contributed by atoms with van der Waals surface area (Å²) < 4.78 is 16.3. The van der Waals surface area contributed by atoms with Crippen LogP contribution in [0.1, 0.15) is 6.92 Å². The van der Waals surface area contributed by atoms with Gasteiger partial charge in [0.1, 0.15) is 30.5 Å².